The minimum absolute atomic E-state index is 0.142. The number of nitrogens with zero attached hydrogens (tertiary/aromatic N) is 1. The van der Waals surface area contributed by atoms with Crippen molar-refractivity contribution >= 4 is 44.2 Å². The van der Waals surface area contributed by atoms with Gasteiger partial charge in [0.2, 0.25) is 10.0 Å². The van der Waals surface area contributed by atoms with Gasteiger partial charge in [-0.25, -0.2) is 13.2 Å². The molecule has 0 aliphatic rings. The fourth-order valence-corrected chi connectivity index (χ4v) is 5.10. The van der Waals surface area contributed by atoms with E-state index in [4.69, 9.17) is 4.74 Å². The first-order chi connectivity index (χ1) is 17.8. The van der Waals surface area contributed by atoms with Crippen LogP contribution >= 0.6 is 22.6 Å². The van der Waals surface area contributed by atoms with E-state index < -0.39 is 16.0 Å². The Labute approximate surface area is 233 Å². The number of sulfonamides is 1. The molecule has 0 unspecified atom stereocenters. The van der Waals surface area contributed by atoms with Crippen molar-refractivity contribution in [3.63, 3.8) is 0 Å². The van der Waals surface area contributed by atoms with E-state index in [9.17, 15) is 13.2 Å². The van der Waals surface area contributed by atoms with Crippen LogP contribution in [-0.2, 0) is 26.2 Å². The summed E-state index contributed by atoms with van der Waals surface area (Å²) in [5.41, 5.74) is 3.34. The third kappa shape index (κ3) is 9.10. The summed E-state index contributed by atoms with van der Waals surface area (Å²) in [5, 5.41) is 0. The maximum absolute atomic E-state index is 13.4. The Kier molecular flexibility index (Phi) is 10.9. The largest absolute Gasteiger partial charge is 0.458 e. The van der Waals surface area contributed by atoms with Crippen molar-refractivity contribution in [2.24, 2.45) is 0 Å². The minimum Gasteiger partial charge on any atom is -0.458 e. The van der Waals surface area contributed by atoms with Gasteiger partial charge in [-0.2, -0.15) is 4.31 Å². The molecule has 3 aromatic rings. The van der Waals surface area contributed by atoms with Gasteiger partial charge in [0.25, 0.3) is 0 Å². The molecule has 0 aliphatic carbocycles. The molecule has 0 spiro atoms. The van der Waals surface area contributed by atoms with Gasteiger partial charge in [-0.05, 0) is 68.3 Å². The van der Waals surface area contributed by atoms with Crippen molar-refractivity contribution in [2.75, 3.05) is 13.1 Å². The summed E-state index contributed by atoms with van der Waals surface area (Å²) >= 11 is 2.11. The molecule has 0 atom stereocenters. The first kappa shape index (κ1) is 28.6. The number of hydrogen-bond acceptors (Lipinski definition) is 4. The van der Waals surface area contributed by atoms with Crippen LogP contribution in [0.25, 0.3) is 5.57 Å². The molecule has 3 aromatic carbocycles. The van der Waals surface area contributed by atoms with Gasteiger partial charge in [0.1, 0.15) is 6.61 Å². The second-order valence-corrected chi connectivity index (χ2v) is 11.9. The molecule has 0 radical (unpaired) electrons. The molecule has 0 N–H and O–H groups in total. The zero-order valence-electron chi connectivity index (χ0n) is 20.7. The third-order valence-corrected chi connectivity index (χ3v) is 7.92. The van der Waals surface area contributed by atoms with E-state index in [0.717, 1.165) is 20.3 Å². The van der Waals surface area contributed by atoms with Crippen LogP contribution in [0.15, 0.2) is 118 Å². The Balaban J connectivity index is 1.81. The average molecular weight is 628 g/mol. The molecular formula is C30H30INO4S. The van der Waals surface area contributed by atoms with Gasteiger partial charge < -0.3 is 4.74 Å². The fourth-order valence-electron chi connectivity index (χ4n) is 3.47. The molecule has 0 fully saturated rings. The molecule has 7 heteroatoms. The van der Waals surface area contributed by atoms with E-state index in [-0.39, 0.29) is 18.0 Å². The van der Waals surface area contributed by atoms with E-state index in [0.29, 0.717) is 18.5 Å². The van der Waals surface area contributed by atoms with Crippen molar-refractivity contribution < 1.29 is 17.9 Å². The number of halogens is 1. The summed E-state index contributed by atoms with van der Waals surface area (Å²) in [6.07, 6.45) is 5.48. The average Bonchev–Trinajstić information content (AvgIpc) is 2.89. The highest BCUT2D eigenvalue weighted by atomic mass is 127. The molecule has 0 bridgehead atoms. The van der Waals surface area contributed by atoms with Crippen molar-refractivity contribution in [3.05, 3.63) is 130 Å². The molecule has 0 heterocycles. The lowest BCUT2D eigenvalue weighted by Crippen LogP contribution is -2.32. The van der Waals surface area contributed by atoms with Crippen LogP contribution in [0.1, 0.15) is 23.1 Å². The highest BCUT2D eigenvalue weighted by Crippen LogP contribution is 2.20. The Hall–Kier alpha value is -3.01. The SMILES string of the molecule is C=C(I)CCN(C/C=C/C(=C\C(=O)OCc1ccccc1)c1ccccc1)S(=O)(=O)c1ccc(C)cc1. The molecule has 0 amide bonds. The molecule has 0 aliphatic heterocycles. The Morgan fingerprint density at radius 2 is 1.59 bits per heavy atom. The van der Waals surface area contributed by atoms with Gasteiger partial charge in [-0.3, -0.25) is 0 Å². The summed E-state index contributed by atoms with van der Waals surface area (Å²) in [7, 11) is -3.71. The standard InChI is InChI=1S/C30H30INO4S/c1-24-15-17-29(18-16-24)37(34,35)32(21-19-25(2)31)20-9-14-28(27-12-7-4-8-13-27)22-30(33)36-23-26-10-5-3-6-11-26/h3-18,22H,2,19-21,23H2,1H3/b14-9+,28-22+. The zero-order chi connectivity index (χ0) is 26.7. The van der Waals surface area contributed by atoms with Gasteiger partial charge in [-0.1, -0.05) is 97.1 Å². The minimum atomic E-state index is -3.71. The molecule has 37 heavy (non-hydrogen) atoms. The summed E-state index contributed by atoms with van der Waals surface area (Å²) in [6, 6.07) is 25.7. The molecular weight excluding hydrogens is 597 g/mol. The zero-order valence-corrected chi connectivity index (χ0v) is 23.7. The third-order valence-electron chi connectivity index (χ3n) is 5.50. The van der Waals surface area contributed by atoms with Crippen LogP contribution in [0.5, 0.6) is 0 Å². The predicted molar refractivity (Wildman–Crippen MR) is 158 cm³/mol. The van der Waals surface area contributed by atoms with Gasteiger partial charge in [-0.15, -0.1) is 0 Å². The first-order valence-corrected chi connectivity index (χ1v) is 14.3. The van der Waals surface area contributed by atoms with Crippen LogP contribution in [0, 0.1) is 6.92 Å². The van der Waals surface area contributed by atoms with Crippen molar-refractivity contribution in [2.45, 2.75) is 24.8 Å². The lowest BCUT2D eigenvalue weighted by Gasteiger charge is -2.21. The van der Waals surface area contributed by atoms with Crippen LogP contribution in [-0.4, -0.2) is 31.8 Å². The number of rotatable bonds is 12. The summed E-state index contributed by atoms with van der Waals surface area (Å²) in [5.74, 6) is -0.474. The van der Waals surface area contributed by atoms with E-state index >= 15 is 0 Å². The Morgan fingerprint density at radius 1 is 0.973 bits per heavy atom. The first-order valence-electron chi connectivity index (χ1n) is 11.8. The number of carbonyl (C=O) groups excluding carboxylic acids is 1. The Morgan fingerprint density at radius 3 is 2.22 bits per heavy atom. The molecule has 0 aromatic heterocycles. The molecule has 0 saturated carbocycles. The number of carbonyl (C=O) groups is 1. The molecule has 5 nitrogen and oxygen atoms in total. The van der Waals surface area contributed by atoms with Crippen molar-refractivity contribution in [1.29, 1.82) is 0 Å². The lowest BCUT2D eigenvalue weighted by atomic mass is 10.1. The summed E-state index contributed by atoms with van der Waals surface area (Å²) in [6.45, 7) is 6.43. The smallest absolute Gasteiger partial charge is 0.331 e. The van der Waals surface area contributed by atoms with E-state index in [2.05, 4.69) is 29.2 Å². The van der Waals surface area contributed by atoms with Gasteiger partial charge in [0, 0.05) is 19.2 Å². The predicted octanol–water partition coefficient (Wildman–Crippen LogP) is 6.71. The number of ether oxygens (including phenoxy) is 1. The lowest BCUT2D eigenvalue weighted by molar-refractivity contribution is -0.138. The maximum Gasteiger partial charge on any atom is 0.331 e. The van der Waals surface area contributed by atoms with E-state index in [1.165, 1.54) is 10.4 Å². The Bertz CT molecular complexity index is 1350. The number of esters is 1. The number of hydrogen-bond donors (Lipinski definition) is 0. The highest BCUT2D eigenvalue weighted by Gasteiger charge is 2.23. The van der Waals surface area contributed by atoms with Crippen LogP contribution < -0.4 is 0 Å². The van der Waals surface area contributed by atoms with Crippen molar-refractivity contribution in [3.8, 4) is 0 Å². The number of aryl methyl sites for hydroxylation is 1. The second-order valence-electron chi connectivity index (χ2n) is 8.40. The van der Waals surface area contributed by atoms with Gasteiger partial charge in [0.15, 0.2) is 0 Å². The van der Waals surface area contributed by atoms with E-state index in [1.54, 1.807) is 36.4 Å². The summed E-state index contributed by atoms with van der Waals surface area (Å²) < 4.78 is 34.5. The highest BCUT2D eigenvalue weighted by molar-refractivity contribution is 14.1. The maximum atomic E-state index is 13.4. The van der Waals surface area contributed by atoms with Crippen LogP contribution in [0.3, 0.4) is 0 Å². The number of allylic oxidation sites excluding steroid dienone is 2. The van der Waals surface area contributed by atoms with Crippen molar-refractivity contribution in [1.82, 2.24) is 4.31 Å². The molecule has 0 saturated heterocycles. The topological polar surface area (TPSA) is 63.7 Å². The fraction of sp³-hybridized carbons (Fsp3) is 0.167. The quantitative estimate of drug-likeness (QED) is 0.0970. The monoisotopic (exact) mass is 627 g/mol. The molecule has 192 valence electrons. The normalized spacial score (nSPS) is 12.1. The molecule has 3 rings (SSSR count). The van der Waals surface area contributed by atoms with E-state index in [1.807, 2.05) is 67.6 Å². The van der Waals surface area contributed by atoms with Crippen LogP contribution in [0.4, 0.5) is 0 Å². The summed E-state index contributed by atoms with van der Waals surface area (Å²) in [4.78, 5) is 12.8. The number of benzene rings is 3. The second kappa shape index (κ2) is 14.1. The van der Waals surface area contributed by atoms with Gasteiger partial charge >= 0.3 is 5.97 Å². The van der Waals surface area contributed by atoms with Crippen LogP contribution in [0.2, 0.25) is 0 Å². The van der Waals surface area contributed by atoms with Gasteiger partial charge in [0.05, 0.1) is 4.90 Å².